The van der Waals surface area contributed by atoms with Crippen LogP contribution in [0.4, 0.5) is 0 Å². The number of likely N-dealkylation sites (tertiary alicyclic amines) is 1. The number of piperidine rings is 1. The van der Waals surface area contributed by atoms with Crippen molar-refractivity contribution in [2.24, 2.45) is 11.8 Å². The number of aliphatic hydroxyl groups excluding tert-OH is 1. The highest BCUT2D eigenvalue weighted by Gasteiger charge is 2.18. The van der Waals surface area contributed by atoms with Crippen molar-refractivity contribution in [3.8, 4) is 0 Å². The van der Waals surface area contributed by atoms with Gasteiger partial charge < -0.3 is 10.0 Å². The Morgan fingerprint density at radius 2 is 2.00 bits per heavy atom. The summed E-state index contributed by atoms with van der Waals surface area (Å²) in [7, 11) is 0. The first-order chi connectivity index (χ1) is 7.26. The number of thiol groups is 1. The minimum absolute atomic E-state index is 0.379. The molecule has 1 aliphatic heterocycles. The van der Waals surface area contributed by atoms with Gasteiger partial charge >= 0.3 is 0 Å². The van der Waals surface area contributed by atoms with Gasteiger partial charge in [-0.1, -0.05) is 6.92 Å². The first-order valence-corrected chi connectivity index (χ1v) is 6.83. The van der Waals surface area contributed by atoms with Crippen LogP contribution in [-0.2, 0) is 0 Å². The summed E-state index contributed by atoms with van der Waals surface area (Å²) in [5, 5.41) is 9.04. The summed E-state index contributed by atoms with van der Waals surface area (Å²) in [6, 6.07) is 0. The van der Waals surface area contributed by atoms with Gasteiger partial charge in [-0.15, -0.1) is 0 Å². The van der Waals surface area contributed by atoms with Crippen LogP contribution < -0.4 is 0 Å². The van der Waals surface area contributed by atoms with Crippen LogP contribution in [0.5, 0.6) is 0 Å². The lowest BCUT2D eigenvalue weighted by molar-refractivity contribution is 0.127. The Morgan fingerprint density at radius 3 is 2.53 bits per heavy atom. The summed E-state index contributed by atoms with van der Waals surface area (Å²) < 4.78 is 0. The van der Waals surface area contributed by atoms with Gasteiger partial charge in [-0.25, -0.2) is 0 Å². The highest BCUT2D eigenvalue weighted by Crippen LogP contribution is 2.18. The Morgan fingerprint density at radius 1 is 1.33 bits per heavy atom. The van der Waals surface area contributed by atoms with Gasteiger partial charge in [0.1, 0.15) is 0 Å². The van der Waals surface area contributed by atoms with Crippen molar-refractivity contribution in [3.63, 3.8) is 0 Å². The van der Waals surface area contributed by atoms with Gasteiger partial charge in [0, 0.05) is 6.61 Å². The van der Waals surface area contributed by atoms with Crippen molar-refractivity contribution < 1.29 is 5.11 Å². The first kappa shape index (κ1) is 13.3. The average Bonchev–Trinajstić information content (AvgIpc) is 2.27. The van der Waals surface area contributed by atoms with Crippen LogP contribution >= 0.6 is 12.6 Å². The molecule has 1 heterocycles. The number of aliphatic hydroxyl groups is 1. The number of nitrogens with zero attached hydrogens (tertiary/aromatic N) is 1. The van der Waals surface area contributed by atoms with Crippen molar-refractivity contribution in [2.45, 2.75) is 32.6 Å². The van der Waals surface area contributed by atoms with Crippen LogP contribution in [0.15, 0.2) is 0 Å². The van der Waals surface area contributed by atoms with E-state index in [1.807, 2.05) is 0 Å². The van der Waals surface area contributed by atoms with Crippen LogP contribution in [0.3, 0.4) is 0 Å². The van der Waals surface area contributed by atoms with E-state index in [0.29, 0.717) is 12.5 Å². The molecule has 1 fully saturated rings. The lowest BCUT2D eigenvalue weighted by Gasteiger charge is -2.31. The lowest BCUT2D eigenvalue weighted by Crippen LogP contribution is -2.35. The summed E-state index contributed by atoms with van der Waals surface area (Å²) in [5.74, 6) is 2.38. The zero-order valence-corrected chi connectivity index (χ0v) is 10.8. The molecule has 0 aromatic heterocycles. The van der Waals surface area contributed by atoms with Gasteiger partial charge in [0.25, 0.3) is 0 Å². The zero-order valence-electron chi connectivity index (χ0n) is 9.86. The second-order valence-corrected chi connectivity index (χ2v) is 5.32. The van der Waals surface area contributed by atoms with E-state index in [2.05, 4.69) is 24.5 Å². The molecule has 1 aliphatic rings. The average molecular weight is 231 g/mol. The number of hydrogen-bond donors (Lipinski definition) is 2. The molecule has 0 aliphatic carbocycles. The van der Waals surface area contributed by atoms with Crippen molar-refractivity contribution in [2.75, 3.05) is 32.0 Å². The second kappa shape index (κ2) is 7.53. The predicted molar refractivity (Wildman–Crippen MR) is 68.5 cm³/mol. The summed E-state index contributed by atoms with van der Waals surface area (Å²) in [4.78, 5) is 2.54. The van der Waals surface area contributed by atoms with Crippen LogP contribution in [0.1, 0.15) is 32.6 Å². The molecule has 0 spiro atoms. The Hall–Kier alpha value is 0.270. The van der Waals surface area contributed by atoms with Gasteiger partial charge in [0.2, 0.25) is 0 Å². The smallest absolute Gasteiger partial charge is 0.0460 e. The fraction of sp³-hybridized carbons (Fsp3) is 1.00. The topological polar surface area (TPSA) is 23.5 Å². The molecule has 0 bridgehead atoms. The molecule has 15 heavy (non-hydrogen) atoms. The van der Waals surface area contributed by atoms with Crippen LogP contribution in [0.25, 0.3) is 0 Å². The zero-order chi connectivity index (χ0) is 11.1. The summed E-state index contributed by atoms with van der Waals surface area (Å²) in [5.41, 5.74) is 0. The van der Waals surface area contributed by atoms with E-state index >= 15 is 0 Å². The highest BCUT2D eigenvalue weighted by atomic mass is 32.1. The predicted octanol–water partition coefficient (Wildman–Crippen LogP) is 2.04. The molecule has 90 valence electrons. The maximum Gasteiger partial charge on any atom is 0.0460 e. The number of rotatable bonds is 6. The van der Waals surface area contributed by atoms with E-state index in [4.69, 9.17) is 5.11 Å². The molecule has 0 aromatic carbocycles. The minimum atomic E-state index is 0.379. The molecule has 1 unspecified atom stereocenters. The quantitative estimate of drug-likeness (QED) is 0.683. The van der Waals surface area contributed by atoms with E-state index in [-0.39, 0.29) is 0 Å². The number of hydrogen-bond acceptors (Lipinski definition) is 3. The van der Waals surface area contributed by atoms with Crippen LogP contribution in [0.2, 0.25) is 0 Å². The third kappa shape index (κ3) is 5.23. The second-order valence-electron chi connectivity index (χ2n) is 4.87. The molecule has 0 amide bonds. The Balaban J connectivity index is 2.08. The first-order valence-electron chi connectivity index (χ1n) is 6.20. The Kier molecular flexibility index (Phi) is 6.69. The molecule has 1 atom stereocenters. The van der Waals surface area contributed by atoms with E-state index in [0.717, 1.165) is 11.7 Å². The molecule has 1 saturated heterocycles. The molecule has 0 radical (unpaired) electrons. The van der Waals surface area contributed by atoms with E-state index in [1.165, 1.54) is 45.3 Å². The Labute approximate surface area is 99.5 Å². The van der Waals surface area contributed by atoms with Crippen molar-refractivity contribution in [3.05, 3.63) is 0 Å². The normalized spacial score (nSPS) is 21.8. The standard InChI is InChI=1S/C12H25NOS/c1-11(5-9-15)2-6-13-7-3-12(10-14)4-8-13/h11-12,14-15H,2-10H2,1H3. The molecular weight excluding hydrogens is 206 g/mol. The molecule has 1 N–H and O–H groups in total. The minimum Gasteiger partial charge on any atom is -0.396 e. The molecule has 0 saturated carbocycles. The van der Waals surface area contributed by atoms with Gasteiger partial charge in [-0.05, 0) is 62.9 Å². The highest BCUT2D eigenvalue weighted by molar-refractivity contribution is 7.80. The SMILES string of the molecule is CC(CCS)CCN1CCC(CO)CC1. The van der Waals surface area contributed by atoms with Gasteiger partial charge in [-0.3, -0.25) is 0 Å². The molecule has 1 rings (SSSR count). The van der Waals surface area contributed by atoms with Crippen LogP contribution in [0, 0.1) is 11.8 Å². The third-order valence-corrected chi connectivity index (χ3v) is 3.78. The third-order valence-electron chi connectivity index (χ3n) is 3.53. The van der Waals surface area contributed by atoms with Gasteiger partial charge in [0.05, 0.1) is 0 Å². The monoisotopic (exact) mass is 231 g/mol. The summed E-state index contributed by atoms with van der Waals surface area (Å²) in [6.07, 6.45) is 4.88. The largest absolute Gasteiger partial charge is 0.396 e. The summed E-state index contributed by atoms with van der Waals surface area (Å²) >= 11 is 4.26. The van der Waals surface area contributed by atoms with Gasteiger partial charge in [-0.2, -0.15) is 12.6 Å². The van der Waals surface area contributed by atoms with E-state index < -0.39 is 0 Å². The maximum atomic E-state index is 9.04. The van der Waals surface area contributed by atoms with Crippen molar-refractivity contribution in [1.82, 2.24) is 4.90 Å². The van der Waals surface area contributed by atoms with Crippen LogP contribution in [-0.4, -0.2) is 42.0 Å². The fourth-order valence-corrected chi connectivity index (χ4v) is 2.60. The van der Waals surface area contributed by atoms with E-state index in [1.54, 1.807) is 0 Å². The summed E-state index contributed by atoms with van der Waals surface area (Å²) in [6.45, 7) is 6.28. The Bertz CT molecular complexity index is 158. The van der Waals surface area contributed by atoms with Gasteiger partial charge in [0.15, 0.2) is 0 Å². The van der Waals surface area contributed by atoms with Crippen molar-refractivity contribution >= 4 is 12.6 Å². The molecule has 2 nitrogen and oxygen atoms in total. The van der Waals surface area contributed by atoms with Crippen molar-refractivity contribution in [1.29, 1.82) is 0 Å². The maximum absolute atomic E-state index is 9.04. The molecular formula is C12H25NOS. The molecule has 3 heteroatoms. The fourth-order valence-electron chi connectivity index (χ4n) is 2.16. The lowest BCUT2D eigenvalue weighted by atomic mass is 9.97. The molecule has 0 aromatic rings. The van der Waals surface area contributed by atoms with E-state index in [9.17, 15) is 0 Å².